The van der Waals surface area contributed by atoms with Crippen molar-refractivity contribution in [1.29, 1.82) is 0 Å². The highest BCUT2D eigenvalue weighted by atomic mass is 16.5. The van der Waals surface area contributed by atoms with Gasteiger partial charge < -0.3 is 14.8 Å². The maximum atomic E-state index is 12.2. The predicted octanol–water partition coefficient (Wildman–Crippen LogP) is 1.59. The minimum atomic E-state index is -0.519. The smallest absolute Gasteiger partial charge is 0.269 e. The number of methoxy groups -OCH3 is 2. The number of amides is 3. The summed E-state index contributed by atoms with van der Waals surface area (Å²) in [6.07, 6.45) is 0.0132. The Morgan fingerprint density at radius 3 is 2.14 bits per heavy atom. The maximum Gasteiger partial charge on any atom is 0.269 e. The standard InChI is InChI=1S/C20H23N3O5/c1-13-6-4-5-7-17(13)20(26)21-9-8-18(24)22-23-19(25)14-10-15(27-2)12-16(11-14)28-3/h4-7,10-12H,8-9H2,1-3H3,(H,21,26)(H,22,24)(H,23,25). The number of hydrogen-bond acceptors (Lipinski definition) is 5. The molecule has 0 aliphatic carbocycles. The van der Waals surface area contributed by atoms with Gasteiger partial charge in [0.2, 0.25) is 5.91 Å². The van der Waals surface area contributed by atoms with Gasteiger partial charge in [0.15, 0.2) is 0 Å². The predicted molar refractivity (Wildman–Crippen MR) is 103 cm³/mol. The summed E-state index contributed by atoms with van der Waals surface area (Å²) < 4.78 is 10.2. The third-order valence-electron chi connectivity index (χ3n) is 3.96. The van der Waals surface area contributed by atoms with Crippen molar-refractivity contribution < 1.29 is 23.9 Å². The van der Waals surface area contributed by atoms with E-state index in [9.17, 15) is 14.4 Å². The largest absolute Gasteiger partial charge is 0.497 e. The summed E-state index contributed by atoms with van der Waals surface area (Å²) in [6.45, 7) is 1.98. The molecule has 8 heteroatoms. The second kappa shape index (κ2) is 9.96. The van der Waals surface area contributed by atoms with Gasteiger partial charge in [-0.25, -0.2) is 0 Å². The number of aryl methyl sites for hydroxylation is 1. The Morgan fingerprint density at radius 1 is 0.893 bits per heavy atom. The summed E-state index contributed by atoms with van der Waals surface area (Å²) in [7, 11) is 2.95. The molecule has 2 aromatic carbocycles. The highest BCUT2D eigenvalue weighted by Gasteiger charge is 2.12. The average Bonchev–Trinajstić information content (AvgIpc) is 2.71. The summed E-state index contributed by atoms with van der Waals surface area (Å²) in [6, 6.07) is 11.8. The first kappa shape index (κ1) is 20.8. The van der Waals surface area contributed by atoms with Crippen molar-refractivity contribution in [3.8, 4) is 11.5 Å². The van der Waals surface area contributed by atoms with Crippen LogP contribution >= 0.6 is 0 Å². The van der Waals surface area contributed by atoms with E-state index in [0.717, 1.165) is 5.56 Å². The molecule has 0 saturated heterocycles. The van der Waals surface area contributed by atoms with Gasteiger partial charge in [-0.3, -0.25) is 25.2 Å². The van der Waals surface area contributed by atoms with Crippen LogP contribution < -0.4 is 25.6 Å². The molecule has 8 nitrogen and oxygen atoms in total. The SMILES string of the molecule is COc1cc(OC)cc(C(=O)NNC(=O)CCNC(=O)c2ccccc2C)c1. The molecule has 2 aromatic rings. The van der Waals surface area contributed by atoms with E-state index >= 15 is 0 Å². The lowest BCUT2D eigenvalue weighted by molar-refractivity contribution is -0.121. The number of hydrogen-bond donors (Lipinski definition) is 3. The Morgan fingerprint density at radius 2 is 1.54 bits per heavy atom. The molecule has 0 radical (unpaired) electrons. The van der Waals surface area contributed by atoms with Crippen LogP contribution in [0.25, 0.3) is 0 Å². The van der Waals surface area contributed by atoms with Crippen molar-refractivity contribution in [2.45, 2.75) is 13.3 Å². The molecule has 28 heavy (non-hydrogen) atoms. The van der Waals surface area contributed by atoms with Crippen LogP contribution in [0, 0.1) is 6.92 Å². The van der Waals surface area contributed by atoms with Crippen LogP contribution in [0.2, 0.25) is 0 Å². The molecule has 0 aromatic heterocycles. The second-order valence-electron chi connectivity index (χ2n) is 5.92. The van der Waals surface area contributed by atoms with E-state index in [4.69, 9.17) is 9.47 Å². The topological polar surface area (TPSA) is 106 Å². The Kier molecular flexibility index (Phi) is 7.38. The van der Waals surface area contributed by atoms with Crippen molar-refractivity contribution >= 4 is 17.7 Å². The van der Waals surface area contributed by atoms with E-state index in [0.29, 0.717) is 17.1 Å². The molecule has 0 heterocycles. The molecule has 148 valence electrons. The average molecular weight is 385 g/mol. The zero-order valence-electron chi connectivity index (χ0n) is 16.0. The minimum absolute atomic E-state index is 0.0132. The molecular weight excluding hydrogens is 362 g/mol. The Labute approximate surface area is 163 Å². The van der Waals surface area contributed by atoms with Gasteiger partial charge in [0.05, 0.1) is 14.2 Å². The Balaban J connectivity index is 1.80. The molecule has 0 bridgehead atoms. The van der Waals surface area contributed by atoms with E-state index in [1.807, 2.05) is 19.1 Å². The fourth-order valence-electron chi connectivity index (χ4n) is 2.41. The molecule has 0 saturated carbocycles. The number of ether oxygens (including phenoxy) is 2. The van der Waals surface area contributed by atoms with Gasteiger partial charge >= 0.3 is 0 Å². The Hall–Kier alpha value is -3.55. The van der Waals surface area contributed by atoms with Crippen molar-refractivity contribution in [2.75, 3.05) is 20.8 Å². The van der Waals surface area contributed by atoms with E-state index in [-0.39, 0.29) is 24.4 Å². The normalized spacial score (nSPS) is 9.96. The van der Waals surface area contributed by atoms with E-state index < -0.39 is 11.8 Å². The monoisotopic (exact) mass is 385 g/mol. The van der Waals surface area contributed by atoms with Crippen LogP contribution in [-0.2, 0) is 4.79 Å². The van der Waals surface area contributed by atoms with Crippen LogP contribution in [0.15, 0.2) is 42.5 Å². The first-order valence-corrected chi connectivity index (χ1v) is 8.60. The molecule has 0 atom stereocenters. The molecular formula is C20H23N3O5. The first-order chi connectivity index (χ1) is 13.4. The second-order valence-corrected chi connectivity index (χ2v) is 5.92. The molecule has 0 spiro atoms. The maximum absolute atomic E-state index is 12.2. The Bertz CT molecular complexity index is 844. The number of benzene rings is 2. The lowest BCUT2D eigenvalue weighted by Gasteiger charge is -2.11. The van der Waals surface area contributed by atoms with Crippen molar-refractivity contribution in [1.82, 2.24) is 16.2 Å². The van der Waals surface area contributed by atoms with Gasteiger partial charge in [-0.1, -0.05) is 18.2 Å². The van der Waals surface area contributed by atoms with Gasteiger partial charge in [-0.15, -0.1) is 0 Å². The van der Waals surface area contributed by atoms with Crippen LogP contribution in [0.4, 0.5) is 0 Å². The highest BCUT2D eigenvalue weighted by Crippen LogP contribution is 2.22. The summed E-state index contributed by atoms with van der Waals surface area (Å²) in [5.74, 6) is -0.300. The molecule has 3 N–H and O–H groups in total. The third-order valence-corrected chi connectivity index (χ3v) is 3.96. The molecule has 2 rings (SSSR count). The number of carbonyl (C=O) groups excluding carboxylic acids is 3. The summed E-state index contributed by atoms with van der Waals surface area (Å²) in [5.41, 5.74) is 6.31. The van der Waals surface area contributed by atoms with E-state index in [2.05, 4.69) is 16.2 Å². The molecule has 3 amide bonds. The lowest BCUT2D eigenvalue weighted by atomic mass is 10.1. The molecule has 0 fully saturated rings. The lowest BCUT2D eigenvalue weighted by Crippen LogP contribution is -2.42. The van der Waals surface area contributed by atoms with Crippen LogP contribution in [-0.4, -0.2) is 38.5 Å². The number of rotatable bonds is 7. The van der Waals surface area contributed by atoms with Gasteiger partial charge in [0.1, 0.15) is 11.5 Å². The van der Waals surface area contributed by atoms with Gasteiger partial charge in [-0.2, -0.15) is 0 Å². The fraction of sp³-hybridized carbons (Fsp3) is 0.250. The van der Waals surface area contributed by atoms with Crippen LogP contribution in [0.5, 0.6) is 11.5 Å². The summed E-state index contributed by atoms with van der Waals surface area (Å²) in [5, 5.41) is 2.67. The van der Waals surface area contributed by atoms with Gasteiger partial charge in [0, 0.05) is 30.2 Å². The third kappa shape index (κ3) is 5.73. The van der Waals surface area contributed by atoms with Gasteiger partial charge in [0.25, 0.3) is 11.8 Å². The van der Waals surface area contributed by atoms with Crippen LogP contribution in [0.3, 0.4) is 0 Å². The zero-order chi connectivity index (χ0) is 20.5. The van der Waals surface area contributed by atoms with E-state index in [1.165, 1.54) is 26.4 Å². The van der Waals surface area contributed by atoms with Crippen LogP contribution in [0.1, 0.15) is 32.7 Å². The molecule has 0 aliphatic heterocycles. The first-order valence-electron chi connectivity index (χ1n) is 8.60. The number of carbonyl (C=O) groups is 3. The molecule has 0 aliphatic rings. The molecule has 0 unspecified atom stereocenters. The van der Waals surface area contributed by atoms with Crippen molar-refractivity contribution in [3.05, 3.63) is 59.2 Å². The van der Waals surface area contributed by atoms with E-state index in [1.54, 1.807) is 18.2 Å². The van der Waals surface area contributed by atoms with Crippen molar-refractivity contribution in [2.24, 2.45) is 0 Å². The summed E-state index contributed by atoms with van der Waals surface area (Å²) in [4.78, 5) is 36.1. The fourth-order valence-corrected chi connectivity index (χ4v) is 2.41. The van der Waals surface area contributed by atoms with Crippen molar-refractivity contribution in [3.63, 3.8) is 0 Å². The highest BCUT2D eigenvalue weighted by molar-refractivity contribution is 5.97. The summed E-state index contributed by atoms with van der Waals surface area (Å²) >= 11 is 0. The zero-order valence-corrected chi connectivity index (χ0v) is 16.0. The minimum Gasteiger partial charge on any atom is -0.497 e. The number of nitrogens with one attached hydrogen (secondary N) is 3. The number of hydrazine groups is 1. The quantitative estimate of drug-likeness (QED) is 0.628. The van der Waals surface area contributed by atoms with Gasteiger partial charge in [-0.05, 0) is 30.7 Å².